The molecule has 0 aliphatic rings. The van der Waals surface area contributed by atoms with Crippen molar-refractivity contribution in [1.82, 2.24) is 0 Å². The van der Waals surface area contributed by atoms with E-state index >= 15 is 0 Å². The van der Waals surface area contributed by atoms with Crippen LogP contribution < -0.4 is 4.72 Å². The number of sulfonamides is 1. The number of hydrogen-bond acceptors (Lipinski definition) is 4. The molecule has 0 amide bonds. The summed E-state index contributed by atoms with van der Waals surface area (Å²) in [5.41, 5.74) is 0.932. The Morgan fingerprint density at radius 1 is 1.26 bits per heavy atom. The molecular formula is C15H14BrNO5S. The average molecular weight is 400 g/mol. The van der Waals surface area contributed by atoms with Crippen molar-refractivity contribution in [1.29, 1.82) is 0 Å². The lowest BCUT2D eigenvalue weighted by Gasteiger charge is -2.13. The topological polar surface area (TPSA) is 92.7 Å². The Labute approximate surface area is 142 Å². The van der Waals surface area contributed by atoms with Crippen LogP contribution in [-0.4, -0.2) is 26.6 Å². The Bertz CT molecular complexity index is 836. The molecule has 23 heavy (non-hydrogen) atoms. The highest BCUT2D eigenvalue weighted by Crippen LogP contribution is 2.24. The molecule has 0 aliphatic heterocycles. The summed E-state index contributed by atoms with van der Waals surface area (Å²) < 4.78 is 32.8. The summed E-state index contributed by atoms with van der Waals surface area (Å²) in [6, 6.07) is 10.6. The average Bonchev–Trinajstić information content (AvgIpc) is 2.49. The molecule has 0 radical (unpaired) electrons. The molecule has 2 aromatic carbocycles. The van der Waals surface area contributed by atoms with E-state index in [1.54, 1.807) is 24.3 Å². The molecule has 0 unspecified atom stereocenters. The maximum atomic E-state index is 12.5. The van der Waals surface area contributed by atoms with E-state index in [2.05, 4.69) is 20.7 Å². The van der Waals surface area contributed by atoms with Gasteiger partial charge in [0.25, 0.3) is 10.0 Å². The zero-order chi connectivity index (χ0) is 17.0. The highest BCUT2D eigenvalue weighted by atomic mass is 79.9. The number of anilines is 1. The van der Waals surface area contributed by atoms with Gasteiger partial charge in [0.1, 0.15) is 0 Å². The number of aromatic carboxylic acids is 1. The van der Waals surface area contributed by atoms with E-state index in [0.29, 0.717) is 15.7 Å². The summed E-state index contributed by atoms with van der Waals surface area (Å²) in [6.07, 6.45) is 0. The summed E-state index contributed by atoms with van der Waals surface area (Å²) in [7, 11) is -2.40. The first kappa shape index (κ1) is 17.5. The Morgan fingerprint density at radius 2 is 1.96 bits per heavy atom. The Morgan fingerprint density at radius 3 is 2.61 bits per heavy atom. The van der Waals surface area contributed by atoms with Gasteiger partial charge in [-0.2, -0.15) is 0 Å². The van der Waals surface area contributed by atoms with Crippen LogP contribution >= 0.6 is 15.9 Å². The van der Waals surface area contributed by atoms with Crippen molar-refractivity contribution in [3.8, 4) is 0 Å². The number of carboxylic acids is 1. The van der Waals surface area contributed by atoms with Crippen molar-refractivity contribution in [3.05, 3.63) is 58.1 Å². The largest absolute Gasteiger partial charge is 0.478 e. The van der Waals surface area contributed by atoms with Crippen LogP contribution in [0.5, 0.6) is 0 Å². The smallest absolute Gasteiger partial charge is 0.336 e. The number of rotatable bonds is 6. The third-order valence-corrected chi connectivity index (χ3v) is 5.09. The quantitative estimate of drug-likeness (QED) is 0.778. The van der Waals surface area contributed by atoms with E-state index in [0.717, 1.165) is 6.07 Å². The molecule has 0 heterocycles. The second-order valence-electron chi connectivity index (χ2n) is 4.64. The molecule has 2 rings (SSSR count). The molecule has 0 spiro atoms. The van der Waals surface area contributed by atoms with E-state index in [1.165, 1.54) is 19.2 Å². The zero-order valence-corrected chi connectivity index (χ0v) is 14.5. The summed E-state index contributed by atoms with van der Waals surface area (Å²) in [5.74, 6) is -1.21. The normalized spacial score (nSPS) is 11.2. The molecule has 0 bridgehead atoms. The second kappa shape index (κ2) is 7.12. The number of para-hydroxylation sites is 1. The van der Waals surface area contributed by atoms with Gasteiger partial charge >= 0.3 is 5.97 Å². The van der Waals surface area contributed by atoms with Crippen molar-refractivity contribution in [3.63, 3.8) is 0 Å². The van der Waals surface area contributed by atoms with Gasteiger partial charge in [0.15, 0.2) is 0 Å². The molecular weight excluding hydrogens is 386 g/mol. The molecule has 6 nitrogen and oxygen atoms in total. The molecule has 0 saturated carbocycles. The number of benzene rings is 2. The van der Waals surface area contributed by atoms with Crippen LogP contribution in [-0.2, 0) is 21.4 Å². The lowest BCUT2D eigenvalue weighted by Crippen LogP contribution is -2.15. The molecule has 0 aromatic heterocycles. The maximum Gasteiger partial charge on any atom is 0.336 e. The monoisotopic (exact) mass is 399 g/mol. The fourth-order valence-corrected chi connectivity index (χ4v) is 3.48. The van der Waals surface area contributed by atoms with Crippen molar-refractivity contribution >= 4 is 37.6 Å². The van der Waals surface area contributed by atoms with Crippen LogP contribution in [0.4, 0.5) is 5.69 Å². The molecule has 0 fully saturated rings. The van der Waals surface area contributed by atoms with Crippen molar-refractivity contribution in [2.45, 2.75) is 11.5 Å². The molecule has 0 aliphatic carbocycles. The van der Waals surface area contributed by atoms with Crippen LogP contribution in [0.25, 0.3) is 0 Å². The zero-order valence-electron chi connectivity index (χ0n) is 12.1. The fourth-order valence-electron chi connectivity index (χ4n) is 1.94. The van der Waals surface area contributed by atoms with Gasteiger partial charge in [0.05, 0.1) is 22.8 Å². The lowest BCUT2D eigenvalue weighted by atomic mass is 10.2. The maximum absolute atomic E-state index is 12.5. The fraction of sp³-hybridized carbons (Fsp3) is 0.133. The lowest BCUT2D eigenvalue weighted by molar-refractivity contribution is 0.0695. The predicted molar refractivity (Wildman–Crippen MR) is 89.1 cm³/mol. The Balaban J connectivity index is 2.40. The Hall–Kier alpha value is -1.90. The predicted octanol–water partition coefficient (Wildman–Crippen LogP) is 3.09. The van der Waals surface area contributed by atoms with E-state index in [9.17, 15) is 13.2 Å². The minimum atomic E-state index is -3.92. The first-order chi connectivity index (χ1) is 10.8. The summed E-state index contributed by atoms with van der Waals surface area (Å²) >= 11 is 3.08. The molecule has 8 heteroatoms. The molecule has 0 atom stereocenters. The van der Waals surface area contributed by atoms with E-state index in [-0.39, 0.29) is 17.1 Å². The van der Waals surface area contributed by atoms with Gasteiger partial charge in [-0.15, -0.1) is 0 Å². The van der Waals surface area contributed by atoms with E-state index in [4.69, 9.17) is 9.84 Å². The highest BCUT2D eigenvalue weighted by Gasteiger charge is 2.19. The SMILES string of the molecule is COCc1ccccc1NS(=O)(=O)c1ccc(Br)c(C(=O)O)c1. The molecule has 2 aromatic rings. The van der Waals surface area contributed by atoms with Gasteiger partial charge < -0.3 is 9.84 Å². The first-order valence-electron chi connectivity index (χ1n) is 6.47. The van der Waals surface area contributed by atoms with Gasteiger partial charge in [0, 0.05) is 17.1 Å². The number of nitrogens with one attached hydrogen (secondary N) is 1. The number of carboxylic acid groups (broad SMARTS) is 1. The minimum absolute atomic E-state index is 0.127. The van der Waals surface area contributed by atoms with Gasteiger partial charge in [-0.25, -0.2) is 13.2 Å². The van der Waals surface area contributed by atoms with Crippen molar-refractivity contribution in [2.75, 3.05) is 11.8 Å². The summed E-state index contributed by atoms with van der Waals surface area (Å²) in [4.78, 5) is 11.0. The molecule has 0 saturated heterocycles. The van der Waals surface area contributed by atoms with Gasteiger partial charge in [-0.3, -0.25) is 4.72 Å². The van der Waals surface area contributed by atoms with Crippen LogP contribution in [0.3, 0.4) is 0 Å². The minimum Gasteiger partial charge on any atom is -0.478 e. The van der Waals surface area contributed by atoms with E-state index in [1.807, 2.05) is 0 Å². The van der Waals surface area contributed by atoms with Crippen molar-refractivity contribution in [2.24, 2.45) is 0 Å². The highest BCUT2D eigenvalue weighted by molar-refractivity contribution is 9.10. The van der Waals surface area contributed by atoms with Crippen LogP contribution in [0.2, 0.25) is 0 Å². The van der Waals surface area contributed by atoms with Gasteiger partial charge in [-0.05, 0) is 40.2 Å². The summed E-state index contributed by atoms with van der Waals surface area (Å²) in [5, 5.41) is 9.10. The number of ether oxygens (including phenoxy) is 1. The van der Waals surface area contributed by atoms with Crippen molar-refractivity contribution < 1.29 is 23.1 Å². The van der Waals surface area contributed by atoms with E-state index < -0.39 is 16.0 Å². The van der Waals surface area contributed by atoms with Crippen LogP contribution in [0.1, 0.15) is 15.9 Å². The second-order valence-corrected chi connectivity index (χ2v) is 7.18. The van der Waals surface area contributed by atoms with Crippen LogP contribution in [0.15, 0.2) is 51.8 Å². The molecule has 2 N–H and O–H groups in total. The first-order valence-corrected chi connectivity index (χ1v) is 8.75. The Kier molecular flexibility index (Phi) is 5.40. The van der Waals surface area contributed by atoms with Gasteiger partial charge in [-0.1, -0.05) is 18.2 Å². The summed E-state index contributed by atoms with van der Waals surface area (Å²) in [6.45, 7) is 0.249. The van der Waals surface area contributed by atoms with Crippen LogP contribution in [0, 0.1) is 0 Å². The number of halogens is 1. The third kappa shape index (κ3) is 4.10. The number of methoxy groups -OCH3 is 1. The van der Waals surface area contributed by atoms with Gasteiger partial charge in [0.2, 0.25) is 0 Å². The standard InChI is InChI=1S/C15H14BrNO5S/c1-22-9-10-4-2-3-5-14(10)17-23(20,21)11-6-7-13(16)12(8-11)15(18)19/h2-8,17H,9H2,1H3,(H,18,19). The molecule has 122 valence electrons. The number of hydrogen-bond donors (Lipinski definition) is 2. The number of carbonyl (C=O) groups is 1. The third-order valence-electron chi connectivity index (χ3n) is 3.04.